The number of nitrogens with one attached hydrogen (secondary N) is 1. The van der Waals surface area contributed by atoms with Crippen LogP contribution in [0.15, 0.2) is 24.5 Å². The number of methoxy groups -OCH3 is 1. The first-order chi connectivity index (χ1) is 10.9. The van der Waals surface area contributed by atoms with E-state index in [1.807, 2.05) is 12.1 Å². The van der Waals surface area contributed by atoms with Crippen LogP contribution in [0.1, 0.15) is 18.4 Å². The van der Waals surface area contributed by atoms with Gasteiger partial charge in [0.1, 0.15) is 0 Å². The van der Waals surface area contributed by atoms with Crippen LogP contribution in [-0.4, -0.2) is 62.8 Å². The van der Waals surface area contributed by atoms with E-state index in [0.717, 1.165) is 11.8 Å². The number of ether oxygens (including phenoxy) is 1. The van der Waals surface area contributed by atoms with Crippen LogP contribution in [0, 0.1) is 0 Å². The summed E-state index contributed by atoms with van der Waals surface area (Å²) in [6, 6.07) is 3.29. The van der Waals surface area contributed by atoms with Crippen molar-refractivity contribution in [3.8, 4) is 0 Å². The lowest BCUT2D eigenvalue weighted by molar-refractivity contribution is -0.133. The lowest BCUT2D eigenvalue weighted by atomic mass is 10.0. The quantitative estimate of drug-likeness (QED) is 0.764. The minimum absolute atomic E-state index is 0.0105. The highest BCUT2D eigenvalue weighted by Gasteiger charge is 2.37. The predicted octanol–water partition coefficient (Wildman–Crippen LogP) is 0.179. The van der Waals surface area contributed by atoms with E-state index in [2.05, 4.69) is 9.71 Å². The van der Waals surface area contributed by atoms with E-state index in [4.69, 9.17) is 4.74 Å². The third-order valence-electron chi connectivity index (χ3n) is 3.95. The Bertz CT molecular complexity index is 621. The summed E-state index contributed by atoms with van der Waals surface area (Å²) in [7, 11) is -1.77. The molecule has 0 aliphatic carbocycles. The summed E-state index contributed by atoms with van der Waals surface area (Å²) >= 11 is 0. The molecule has 2 atom stereocenters. The van der Waals surface area contributed by atoms with E-state index in [1.54, 1.807) is 24.4 Å². The highest BCUT2D eigenvalue weighted by Crippen LogP contribution is 2.23. The van der Waals surface area contributed by atoms with E-state index >= 15 is 0 Å². The van der Waals surface area contributed by atoms with Crippen LogP contribution < -0.4 is 4.72 Å². The van der Waals surface area contributed by atoms with Crippen molar-refractivity contribution in [2.45, 2.75) is 31.3 Å². The summed E-state index contributed by atoms with van der Waals surface area (Å²) in [5, 5.41) is 0. The third-order valence-corrected chi connectivity index (χ3v) is 4.68. The van der Waals surface area contributed by atoms with Crippen molar-refractivity contribution in [1.82, 2.24) is 14.6 Å². The molecule has 0 radical (unpaired) electrons. The number of carbonyl (C=O) groups is 1. The number of hydrogen-bond donors (Lipinski definition) is 1. The lowest BCUT2D eigenvalue weighted by Gasteiger charge is -2.28. The van der Waals surface area contributed by atoms with Crippen molar-refractivity contribution in [3.05, 3.63) is 30.1 Å². The molecule has 1 aliphatic heterocycles. The fraction of sp³-hybridized carbons (Fsp3) is 0.600. The maximum absolute atomic E-state index is 12.4. The molecule has 1 aromatic heterocycles. The molecule has 0 saturated carbocycles. The number of nitrogens with zero attached hydrogens (tertiary/aromatic N) is 2. The molecule has 1 N–H and O–H groups in total. The topological polar surface area (TPSA) is 88.6 Å². The fourth-order valence-electron chi connectivity index (χ4n) is 2.92. The number of hydrogen-bond acceptors (Lipinski definition) is 5. The second kappa shape index (κ2) is 7.85. The Morgan fingerprint density at radius 3 is 2.74 bits per heavy atom. The van der Waals surface area contributed by atoms with E-state index in [1.165, 1.54) is 0 Å². The van der Waals surface area contributed by atoms with Crippen LogP contribution in [0.2, 0.25) is 0 Å². The van der Waals surface area contributed by atoms with Gasteiger partial charge in [-0.15, -0.1) is 0 Å². The Hall–Kier alpha value is -1.51. The molecular weight excluding hydrogens is 318 g/mol. The van der Waals surface area contributed by atoms with Gasteiger partial charge in [0.2, 0.25) is 15.9 Å². The first kappa shape index (κ1) is 17.8. The molecule has 2 heterocycles. The first-order valence-electron chi connectivity index (χ1n) is 7.55. The summed E-state index contributed by atoms with van der Waals surface area (Å²) in [4.78, 5) is 18.1. The van der Waals surface area contributed by atoms with Crippen LogP contribution in [0.5, 0.6) is 0 Å². The van der Waals surface area contributed by atoms with E-state index in [9.17, 15) is 13.2 Å². The van der Waals surface area contributed by atoms with Crippen LogP contribution >= 0.6 is 0 Å². The summed E-state index contributed by atoms with van der Waals surface area (Å²) in [6.45, 7) is 0.910. The van der Waals surface area contributed by atoms with Crippen molar-refractivity contribution in [2.24, 2.45) is 0 Å². The Morgan fingerprint density at radius 1 is 1.43 bits per heavy atom. The molecule has 0 bridgehead atoms. The Kier molecular flexibility index (Phi) is 6.09. The van der Waals surface area contributed by atoms with Crippen LogP contribution in [0.25, 0.3) is 0 Å². The maximum atomic E-state index is 12.4. The van der Waals surface area contributed by atoms with Gasteiger partial charge in [0, 0.05) is 32.1 Å². The summed E-state index contributed by atoms with van der Waals surface area (Å²) in [5.74, 6) is -0.0105. The van der Waals surface area contributed by atoms with Crippen LogP contribution in [-0.2, 0) is 26.0 Å². The van der Waals surface area contributed by atoms with Crippen molar-refractivity contribution < 1.29 is 17.9 Å². The Balaban J connectivity index is 2.16. The molecular formula is C15H23N3O4S. The van der Waals surface area contributed by atoms with Gasteiger partial charge in [-0.1, -0.05) is 0 Å². The summed E-state index contributed by atoms with van der Waals surface area (Å²) < 4.78 is 30.8. The number of likely N-dealkylation sites (tertiary alicyclic amines) is 1. The largest absolute Gasteiger partial charge is 0.384 e. The van der Waals surface area contributed by atoms with Gasteiger partial charge in [0.05, 0.1) is 25.3 Å². The predicted molar refractivity (Wildman–Crippen MR) is 86.3 cm³/mol. The molecule has 23 heavy (non-hydrogen) atoms. The average Bonchev–Trinajstić information content (AvgIpc) is 2.87. The molecule has 7 nitrogen and oxygen atoms in total. The van der Waals surface area contributed by atoms with Crippen molar-refractivity contribution >= 4 is 15.9 Å². The van der Waals surface area contributed by atoms with Gasteiger partial charge < -0.3 is 9.64 Å². The molecule has 128 valence electrons. The maximum Gasteiger partial charge on any atom is 0.225 e. The average molecular weight is 341 g/mol. The zero-order chi connectivity index (χ0) is 16.9. The second-order valence-corrected chi connectivity index (χ2v) is 7.52. The number of amides is 1. The van der Waals surface area contributed by atoms with Gasteiger partial charge in [-0.2, -0.15) is 0 Å². The Labute approximate surface area is 137 Å². The van der Waals surface area contributed by atoms with Gasteiger partial charge in [-0.3, -0.25) is 9.78 Å². The minimum Gasteiger partial charge on any atom is -0.384 e. The summed E-state index contributed by atoms with van der Waals surface area (Å²) in [5.41, 5.74) is 1.02. The smallest absolute Gasteiger partial charge is 0.225 e. The molecule has 1 fully saturated rings. The Morgan fingerprint density at radius 2 is 2.13 bits per heavy atom. The molecule has 1 aliphatic rings. The second-order valence-electron chi connectivity index (χ2n) is 5.74. The monoisotopic (exact) mass is 341 g/mol. The van der Waals surface area contributed by atoms with Crippen molar-refractivity contribution in [3.63, 3.8) is 0 Å². The van der Waals surface area contributed by atoms with Gasteiger partial charge in [-0.25, -0.2) is 13.1 Å². The van der Waals surface area contributed by atoms with E-state index in [-0.39, 0.29) is 18.0 Å². The summed E-state index contributed by atoms with van der Waals surface area (Å²) in [6.07, 6.45) is 6.04. The number of sulfonamides is 1. The zero-order valence-electron chi connectivity index (χ0n) is 13.4. The minimum atomic E-state index is -3.32. The SMILES string of the molecule is COCCC(=O)N1CC[C@@H](NS(C)(=O)=O)[C@@H]1Cc1ccncc1. The molecule has 2 rings (SSSR count). The molecule has 8 heteroatoms. The number of carbonyl (C=O) groups excluding carboxylic acids is 1. The van der Waals surface area contributed by atoms with Crippen molar-refractivity contribution in [2.75, 3.05) is 26.5 Å². The molecule has 0 aromatic carbocycles. The lowest BCUT2D eigenvalue weighted by Crippen LogP contribution is -2.47. The first-order valence-corrected chi connectivity index (χ1v) is 9.44. The van der Waals surface area contributed by atoms with Gasteiger partial charge in [-0.05, 0) is 30.5 Å². The van der Waals surface area contributed by atoms with Gasteiger partial charge >= 0.3 is 0 Å². The number of aromatic nitrogens is 1. The fourth-order valence-corrected chi connectivity index (χ4v) is 3.75. The third kappa shape index (κ3) is 5.26. The van der Waals surface area contributed by atoms with Crippen LogP contribution in [0.3, 0.4) is 0 Å². The molecule has 1 aromatic rings. The zero-order valence-corrected chi connectivity index (χ0v) is 14.3. The van der Waals surface area contributed by atoms with Crippen LogP contribution in [0.4, 0.5) is 0 Å². The van der Waals surface area contributed by atoms with Gasteiger partial charge in [0.25, 0.3) is 0 Å². The van der Waals surface area contributed by atoms with Crippen molar-refractivity contribution in [1.29, 1.82) is 0 Å². The molecule has 1 saturated heterocycles. The highest BCUT2D eigenvalue weighted by atomic mass is 32.2. The highest BCUT2D eigenvalue weighted by molar-refractivity contribution is 7.88. The molecule has 0 unspecified atom stereocenters. The van der Waals surface area contributed by atoms with Gasteiger partial charge in [0.15, 0.2) is 0 Å². The van der Waals surface area contributed by atoms with E-state index in [0.29, 0.717) is 32.4 Å². The normalized spacial score (nSPS) is 21.6. The standard InChI is InChI=1S/C15H23N3O4S/c1-22-10-6-15(19)18-9-5-13(17-23(2,20)21)14(18)11-12-3-7-16-8-4-12/h3-4,7-8,13-14,17H,5-6,9-11H2,1-2H3/t13-,14+/m1/s1. The molecule has 1 amide bonds. The van der Waals surface area contributed by atoms with E-state index < -0.39 is 10.0 Å². The number of pyridine rings is 1. The molecule has 0 spiro atoms. The number of rotatable bonds is 7.